The zero-order chi connectivity index (χ0) is 20.3. The zero-order valence-corrected chi connectivity index (χ0v) is 14.6. The van der Waals surface area contributed by atoms with Gasteiger partial charge in [0.15, 0.2) is 0 Å². The van der Waals surface area contributed by atoms with E-state index in [1.165, 1.54) is 12.1 Å². The molecular weight excluding hydrogens is 377 g/mol. The normalized spacial score (nSPS) is 12.6. The first-order valence-electron chi connectivity index (χ1n) is 8.20. The van der Waals surface area contributed by atoms with Crippen LogP contribution in [-0.2, 0) is 11.3 Å². The maximum absolute atomic E-state index is 12.3. The second-order valence-electron chi connectivity index (χ2n) is 5.98. The Balaban J connectivity index is 1.66. The third-order valence-corrected chi connectivity index (χ3v) is 3.91. The minimum atomic E-state index is -4.77. The second kappa shape index (κ2) is 7.67. The molecule has 0 fully saturated rings. The number of fused-ring (bicyclic) bond motifs is 1. The Bertz CT molecular complexity index is 1050. The summed E-state index contributed by atoms with van der Waals surface area (Å²) in [5, 5.41) is 10.6. The third kappa shape index (κ3) is 4.64. The van der Waals surface area contributed by atoms with Crippen LogP contribution in [0, 0.1) is 0 Å². The fourth-order valence-electron chi connectivity index (χ4n) is 2.59. The van der Waals surface area contributed by atoms with Crippen LogP contribution in [0.3, 0.4) is 0 Å². The molecule has 0 radical (unpaired) electrons. The predicted octanol–water partition coefficient (Wildman–Crippen LogP) is 2.57. The first-order chi connectivity index (χ1) is 13.2. The van der Waals surface area contributed by atoms with E-state index in [1.807, 2.05) is 0 Å². The van der Waals surface area contributed by atoms with E-state index in [2.05, 4.69) is 20.4 Å². The Labute approximate surface area is 156 Å². The molecule has 0 saturated heterocycles. The van der Waals surface area contributed by atoms with Crippen LogP contribution in [0.15, 0.2) is 53.3 Å². The molecule has 0 spiro atoms. The number of alkyl halides is 3. The monoisotopic (exact) mass is 392 g/mol. The maximum Gasteiger partial charge on any atom is 0.573 e. The smallest absolute Gasteiger partial charge is 0.406 e. The molecule has 1 N–H and O–H groups in total. The van der Waals surface area contributed by atoms with Gasteiger partial charge >= 0.3 is 6.36 Å². The lowest BCUT2D eigenvalue weighted by molar-refractivity contribution is -0.274. The van der Waals surface area contributed by atoms with Crippen molar-refractivity contribution in [3.05, 3.63) is 64.4 Å². The van der Waals surface area contributed by atoms with Crippen molar-refractivity contribution in [3.63, 3.8) is 0 Å². The van der Waals surface area contributed by atoms with E-state index in [-0.39, 0.29) is 12.3 Å². The van der Waals surface area contributed by atoms with Crippen LogP contribution in [0.4, 0.5) is 13.2 Å². The van der Waals surface area contributed by atoms with E-state index in [0.717, 1.165) is 16.8 Å². The van der Waals surface area contributed by atoms with E-state index in [0.29, 0.717) is 16.5 Å². The number of rotatable bonds is 5. The molecule has 1 atom stereocenters. The fourth-order valence-corrected chi connectivity index (χ4v) is 2.59. The summed E-state index contributed by atoms with van der Waals surface area (Å²) in [5.74, 6) is -0.845. The van der Waals surface area contributed by atoms with Crippen molar-refractivity contribution in [1.82, 2.24) is 20.3 Å². The Morgan fingerprint density at radius 3 is 2.54 bits per heavy atom. The third-order valence-electron chi connectivity index (χ3n) is 3.91. The Morgan fingerprint density at radius 1 is 1.18 bits per heavy atom. The summed E-state index contributed by atoms with van der Waals surface area (Å²) in [5.41, 5.74) is 0.556. The SMILES string of the molecule is C[C@H](NC(=O)Cn1nnc2ccccc2c1=O)c1ccc(OC(F)(F)F)cc1. The quantitative estimate of drug-likeness (QED) is 0.721. The van der Waals surface area contributed by atoms with Gasteiger partial charge in [0.2, 0.25) is 5.91 Å². The minimum Gasteiger partial charge on any atom is -0.406 e. The Morgan fingerprint density at radius 2 is 1.86 bits per heavy atom. The average Bonchev–Trinajstić information content (AvgIpc) is 2.63. The minimum absolute atomic E-state index is 0.337. The number of ether oxygens (including phenoxy) is 1. The molecule has 0 unspecified atom stereocenters. The van der Waals surface area contributed by atoms with Crippen molar-refractivity contribution in [3.8, 4) is 5.75 Å². The highest BCUT2D eigenvalue weighted by atomic mass is 19.4. The molecule has 0 saturated carbocycles. The van der Waals surface area contributed by atoms with Crippen LogP contribution in [0.2, 0.25) is 0 Å². The number of hydrogen-bond acceptors (Lipinski definition) is 5. The van der Waals surface area contributed by atoms with Crippen LogP contribution in [0.5, 0.6) is 5.75 Å². The van der Waals surface area contributed by atoms with Crippen molar-refractivity contribution in [2.24, 2.45) is 0 Å². The molecule has 1 aromatic heterocycles. The molecule has 3 rings (SSSR count). The summed E-state index contributed by atoms with van der Waals surface area (Å²) >= 11 is 0. The van der Waals surface area contributed by atoms with Crippen LogP contribution in [0.1, 0.15) is 18.5 Å². The van der Waals surface area contributed by atoms with Crippen LogP contribution < -0.4 is 15.6 Å². The second-order valence-corrected chi connectivity index (χ2v) is 5.98. The number of hydrogen-bond donors (Lipinski definition) is 1. The van der Waals surface area contributed by atoms with Gasteiger partial charge in [-0.25, -0.2) is 4.68 Å². The van der Waals surface area contributed by atoms with Crippen molar-refractivity contribution in [2.45, 2.75) is 25.9 Å². The maximum atomic E-state index is 12.3. The zero-order valence-electron chi connectivity index (χ0n) is 14.6. The molecule has 28 heavy (non-hydrogen) atoms. The standard InChI is InChI=1S/C18H15F3N4O3/c1-11(12-6-8-13(9-7-12)28-18(19,20)21)22-16(26)10-25-17(27)14-4-2-3-5-15(14)23-24-25/h2-9,11H,10H2,1H3,(H,22,26)/t11-/m0/s1. The molecule has 0 bridgehead atoms. The molecule has 2 aromatic carbocycles. The molecule has 0 aliphatic rings. The van der Waals surface area contributed by atoms with Gasteiger partial charge in [0.25, 0.3) is 5.56 Å². The summed E-state index contributed by atoms with van der Waals surface area (Å²) in [7, 11) is 0. The molecule has 7 nitrogen and oxygen atoms in total. The van der Waals surface area contributed by atoms with Crippen molar-refractivity contribution in [1.29, 1.82) is 0 Å². The van der Waals surface area contributed by atoms with Gasteiger partial charge in [0, 0.05) is 0 Å². The first kappa shape index (κ1) is 19.3. The van der Waals surface area contributed by atoms with Gasteiger partial charge in [0.05, 0.1) is 11.4 Å². The number of nitrogens with one attached hydrogen (secondary N) is 1. The number of nitrogens with zero attached hydrogens (tertiary/aromatic N) is 3. The Kier molecular flexibility index (Phi) is 5.30. The molecule has 3 aromatic rings. The van der Waals surface area contributed by atoms with Gasteiger partial charge in [-0.15, -0.1) is 18.3 Å². The van der Waals surface area contributed by atoms with Crippen molar-refractivity contribution >= 4 is 16.8 Å². The molecule has 1 amide bonds. The van der Waals surface area contributed by atoms with Gasteiger partial charge in [0.1, 0.15) is 17.8 Å². The topological polar surface area (TPSA) is 86.1 Å². The molecule has 0 aliphatic heterocycles. The number of aromatic nitrogens is 3. The highest BCUT2D eigenvalue weighted by molar-refractivity contribution is 5.78. The fraction of sp³-hybridized carbons (Fsp3) is 0.222. The summed E-state index contributed by atoms with van der Waals surface area (Å²) in [6, 6.07) is 11.3. The summed E-state index contributed by atoms with van der Waals surface area (Å²) < 4.78 is 41.3. The van der Waals surface area contributed by atoms with Gasteiger partial charge in [-0.1, -0.05) is 29.5 Å². The first-order valence-corrected chi connectivity index (χ1v) is 8.20. The van der Waals surface area contributed by atoms with Crippen LogP contribution in [0.25, 0.3) is 10.9 Å². The summed E-state index contributed by atoms with van der Waals surface area (Å²) in [4.78, 5) is 24.6. The highest BCUT2D eigenvalue weighted by Gasteiger charge is 2.31. The lowest BCUT2D eigenvalue weighted by atomic mass is 10.1. The molecule has 10 heteroatoms. The van der Waals surface area contributed by atoms with Crippen LogP contribution >= 0.6 is 0 Å². The number of carbonyl (C=O) groups is 1. The molecular formula is C18H15F3N4O3. The highest BCUT2D eigenvalue weighted by Crippen LogP contribution is 2.24. The van der Waals surface area contributed by atoms with Gasteiger partial charge in [-0.05, 0) is 36.8 Å². The molecule has 146 valence electrons. The number of carbonyl (C=O) groups excluding carboxylic acids is 1. The van der Waals surface area contributed by atoms with E-state index < -0.39 is 23.9 Å². The van der Waals surface area contributed by atoms with E-state index in [1.54, 1.807) is 31.2 Å². The molecule has 0 aliphatic carbocycles. The van der Waals surface area contributed by atoms with Crippen molar-refractivity contribution in [2.75, 3.05) is 0 Å². The Hall–Kier alpha value is -3.43. The predicted molar refractivity (Wildman–Crippen MR) is 93.5 cm³/mol. The summed E-state index contributed by atoms with van der Waals surface area (Å²) in [6.07, 6.45) is -4.77. The number of halogens is 3. The largest absolute Gasteiger partial charge is 0.573 e. The van der Waals surface area contributed by atoms with E-state index >= 15 is 0 Å². The number of benzene rings is 2. The average molecular weight is 392 g/mol. The lowest BCUT2D eigenvalue weighted by Crippen LogP contribution is -2.35. The van der Waals surface area contributed by atoms with Crippen molar-refractivity contribution < 1.29 is 22.7 Å². The number of amides is 1. The van der Waals surface area contributed by atoms with Gasteiger partial charge in [-0.2, -0.15) is 0 Å². The van der Waals surface area contributed by atoms with E-state index in [4.69, 9.17) is 0 Å². The van der Waals surface area contributed by atoms with Gasteiger partial charge in [-0.3, -0.25) is 9.59 Å². The lowest BCUT2D eigenvalue weighted by Gasteiger charge is -2.15. The van der Waals surface area contributed by atoms with E-state index in [9.17, 15) is 22.8 Å². The van der Waals surface area contributed by atoms with Crippen LogP contribution in [-0.4, -0.2) is 27.3 Å². The summed E-state index contributed by atoms with van der Waals surface area (Å²) in [6.45, 7) is 1.32. The van der Waals surface area contributed by atoms with Gasteiger partial charge < -0.3 is 10.1 Å². The molecule has 1 heterocycles.